The lowest BCUT2D eigenvalue weighted by Gasteiger charge is -2.29. The average molecular weight is 240 g/mol. The van der Waals surface area contributed by atoms with Crippen molar-refractivity contribution in [1.29, 1.82) is 0 Å². The summed E-state index contributed by atoms with van der Waals surface area (Å²) in [5.41, 5.74) is 0. The molecule has 1 amide bonds. The predicted octanol–water partition coefficient (Wildman–Crippen LogP) is 0.914. The van der Waals surface area contributed by atoms with Crippen LogP contribution in [-0.2, 0) is 4.79 Å². The van der Waals surface area contributed by atoms with Crippen LogP contribution in [0.2, 0.25) is 0 Å². The molecule has 0 spiro atoms. The number of likely N-dealkylation sites (tertiary alicyclic amines) is 1. The van der Waals surface area contributed by atoms with Crippen LogP contribution in [0.3, 0.4) is 0 Å². The summed E-state index contributed by atoms with van der Waals surface area (Å²) in [5.74, 6) is 0.0702. The fourth-order valence-corrected chi connectivity index (χ4v) is 2.48. The average Bonchev–Trinajstić information content (AvgIpc) is 2.80. The fraction of sp³-hybridized carbons (Fsp3) is 0.769. The van der Waals surface area contributed by atoms with Gasteiger partial charge in [0.05, 0.1) is 6.04 Å². The van der Waals surface area contributed by atoms with E-state index in [0.29, 0.717) is 12.6 Å². The summed E-state index contributed by atoms with van der Waals surface area (Å²) in [7, 11) is 0. The van der Waals surface area contributed by atoms with E-state index in [2.05, 4.69) is 16.8 Å². The molecule has 2 N–H and O–H groups in total. The van der Waals surface area contributed by atoms with Gasteiger partial charge in [-0.1, -0.05) is 6.08 Å². The van der Waals surface area contributed by atoms with E-state index in [1.54, 1.807) is 6.08 Å². The van der Waals surface area contributed by atoms with E-state index < -0.39 is 0 Å². The minimum Gasteiger partial charge on any atom is -0.396 e. The number of carbonyl (C=O) groups excluding carboxylic acids is 1. The molecule has 0 aliphatic carbocycles. The Hall–Kier alpha value is -0.870. The molecule has 0 aromatic carbocycles. The quantitative estimate of drug-likeness (QED) is 0.651. The molecule has 4 nitrogen and oxygen atoms in total. The first-order chi connectivity index (χ1) is 8.20. The van der Waals surface area contributed by atoms with Crippen molar-refractivity contribution in [3.8, 4) is 0 Å². The van der Waals surface area contributed by atoms with Crippen LogP contribution in [0.1, 0.15) is 32.6 Å². The lowest BCUT2D eigenvalue weighted by Crippen LogP contribution is -2.47. The second kappa shape index (κ2) is 7.45. The lowest BCUT2D eigenvalue weighted by atomic mass is 10.1. The molecule has 0 saturated carbocycles. The molecule has 0 bridgehead atoms. The van der Waals surface area contributed by atoms with E-state index in [9.17, 15) is 4.79 Å². The maximum Gasteiger partial charge on any atom is 0.237 e. The monoisotopic (exact) mass is 240 g/mol. The summed E-state index contributed by atoms with van der Waals surface area (Å²) in [5, 5.41) is 11.7. The number of hydrogen-bond acceptors (Lipinski definition) is 3. The van der Waals surface area contributed by atoms with E-state index >= 15 is 0 Å². The zero-order valence-electron chi connectivity index (χ0n) is 10.7. The smallest absolute Gasteiger partial charge is 0.237 e. The SMILES string of the molecule is C=CCNC(=O)C(C)N1CCCC1CCCO. The fourth-order valence-electron chi connectivity index (χ4n) is 2.48. The van der Waals surface area contributed by atoms with Gasteiger partial charge in [0.25, 0.3) is 0 Å². The van der Waals surface area contributed by atoms with Gasteiger partial charge in [0, 0.05) is 19.2 Å². The molecule has 1 fully saturated rings. The minimum absolute atomic E-state index is 0.0702. The van der Waals surface area contributed by atoms with Gasteiger partial charge in [-0.2, -0.15) is 0 Å². The third kappa shape index (κ3) is 4.13. The van der Waals surface area contributed by atoms with Crippen LogP contribution in [0, 0.1) is 0 Å². The molecule has 2 atom stereocenters. The molecular formula is C13H24N2O2. The van der Waals surface area contributed by atoms with Crippen molar-refractivity contribution in [3.05, 3.63) is 12.7 Å². The van der Waals surface area contributed by atoms with Crippen LogP contribution in [0.5, 0.6) is 0 Å². The molecule has 4 heteroatoms. The van der Waals surface area contributed by atoms with Crippen molar-refractivity contribution in [2.24, 2.45) is 0 Å². The molecule has 1 heterocycles. The van der Waals surface area contributed by atoms with Gasteiger partial charge in [0.2, 0.25) is 5.91 Å². The van der Waals surface area contributed by atoms with Gasteiger partial charge in [-0.3, -0.25) is 9.69 Å². The summed E-state index contributed by atoms with van der Waals surface area (Å²) >= 11 is 0. The Labute approximate surface area is 104 Å². The van der Waals surface area contributed by atoms with Crippen molar-refractivity contribution in [2.45, 2.75) is 44.7 Å². The predicted molar refractivity (Wildman–Crippen MR) is 68.7 cm³/mol. The molecular weight excluding hydrogens is 216 g/mol. The van der Waals surface area contributed by atoms with Crippen molar-refractivity contribution in [3.63, 3.8) is 0 Å². The Morgan fingerprint density at radius 3 is 3.12 bits per heavy atom. The van der Waals surface area contributed by atoms with Gasteiger partial charge in [0.15, 0.2) is 0 Å². The molecule has 98 valence electrons. The molecule has 0 aromatic rings. The van der Waals surface area contributed by atoms with Gasteiger partial charge in [-0.15, -0.1) is 6.58 Å². The third-order valence-corrected chi connectivity index (χ3v) is 3.42. The van der Waals surface area contributed by atoms with E-state index in [0.717, 1.165) is 32.2 Å². The second-order valence-electron chi connectivity index (χ2n) is 4.61. The van der Waals surface area contributed by atoms with Crippen LogP contribution in [0.25, 0.3) is 0 Å². The number of amides is 1. The summed E-state index contributed by atoms with van der Waals surface area (Å²) in [4.78, 5) is 14.1. The molecule has 1 rings (SSSR count). The van der Waals surface area contributed by atoms with Crippen LogP contribution >= 0.6 is 0 Å². The van der Waals surface area contributed by atoms with Crippen LogP contribution in [-0.4, -0.2) is 47.7 Å². The maximum absolute atomic E-state index is 11.9. The summed E-state index contributed by atoms with van der Waals surface area (Å²) in [6.45, 7) is 7.29. The van der Waals surface area contributed by atoms with Crippen LogP contribution < -0.4 is 5.32 Å². The summed E-state index contributed by atoms with van der Waals surface area (Å²) in [6, 6.07) is 0.368. The zero-order valence-corrected chi connectivity index (χ0v) is 10.7. The van der Waals surface area contributed by atoms with Crippen molar-refractivity contribution >= 4 is 5.91 Å². The van der Waals surface area contributed by atoms with Crippen LogP contribution in [0.4, 0.5) is 0 Å². The number of aliphatic hydroxyl groups is 1. The first-order valence-corrected chi connectivity index (χ1v) is 6.46. The largest absolute Gasteiger partial charge is 0.396 e. The topological polar surface area (TPSA) is 52.6 Å². The first kappa shape index (κ1) is 14.2. The Morgan fingerprint density at radius 1 is 1.71 bits per heavy atom. The minimum atomic E-state index is -0.0823. The Kier molecular flexibility index (Phi) is 6.22. The number of nitrogens with zero attached hydrogens (tertiary/aromatic N) is 1. The number of carbonyl (C=O) groups is 1. The molecule has 1 aliphatic rings. The molecule has 1 saturated heterocycles. The van der Waals surface area contributed by atoms with Gasteiger partial charge in [0.1, 0.15) is 0 Å². The van der Waals surface area contributed by atoms with E-state index in [1.807, 2.05) is 6.92 Å². The van der Waals surface area contributed by atoms with Gasteiger partial charge < -0.3 is 10.4 Å². The van der Waals surface area contributed by atoms with Gasteiger partial charge in [-0.05, 0) is 39.2 Å². The van der Waals surface area contributed by atoms with E-state index in [-0.39, 0.29) is 18.6 Å². The molecule has 2 unspecified atom stereocenters. The van der Waals surface area contributed by atoms with Crippen molar-refractivity contribution < 1.29 is 9.90 Å². The molecule has 0 aromatic heterocycles. The lowest BCUT2D eigenvalue weighted by molar-refractivity contribution is -0.126. The number of nitrogens with one attached hydrogen (secondary N) is 1. The highest BCUT2D eigenvalue weighted by Crippen LogP contribution is 2.23. The summed E-state index contributed by atoms with van der Waals surface area (Å²) in [6.07, 6.45) is 5.78. The number of hydrogen-bond donors (Lipinski definition) is 2. The highest BCUT2D eigenvalue weighted by atomic mass is 16.3. The molecule has 0 radical (unpaired) electrons. The van der Waals surface area contributed by atoms with E-state index in [1.165, 1.54) is 0 Å². The highest BCUT2D eigenvalue weighted by molar-refractivity contribution is 5.81. The number of aliphatic hydroxyl groups excluding tert-OH is 1. The zero-order chi connectivity index (χ0) is 12.7. The Balaban J connectivity index is 2.45. The molecule has 17 heavy (non-hydrogen) atoms. The second-order valence-corrected chi connectivity index (χ2v) is 4.61. The Morgan fingerprint density at radius 2 is 2.47 bits per heavy atom. The summed E-state index contributed by atoms with van der Waals surface area (Å²) < 4.78 is 0. The van der Waals surface area contributed by atoms with Gasteiger partial charge in [-0.25, -0.2) is 0 Å². The Bertz CT molecular complexity index is 256. The third-order valence-electron chi connectivity index (χ3n) is 3.42. The molecule has 1 aliphatic heterocycles. The van der Waals surface area contributed by atoms with Crippen molar-refractivity contribution in [1.82, 2.24) is 10.2 Å². The van der Waals surface area contributed by atoms with Crippen LogP contribution in [0.15, 0.2) is 12.7 Å². The van der Waals surface area contributed by atoms with Gasteiger partial charge >= 0.3 is 0 Å². The number of rotatable bonds is 7. The van der Waals surface area contributed by atoms with Crippen molar-refractivity contribution in [2.75, 3.05) is 19.7 Å². The van der Waals surface area contributed by atoms with E-state index in [4.69, 9.17) is 5.11 Å². The standard InChI is InChI=1S/C13H24N2O2/c1-3-8-14-13(17)11(2)15-9-4-6-12(15)7-5-10-16/h3,11-12,16H,1,4-10H2,2H3,(H,14,17). The highest BCUT2D eigenvalue weighted by Gasteiger charge is 2.31. The normalized spacial score (nSPS) is 22.4. The maximum atomic E-state index is 11.9. The first-order valence-electron chi connectivity index (χ1n) is 6.46.